The maximum atomic E-state index is 8.98. The molecule has 1 fully saturated rings. The van der Waals surface area contributed by atoms with E-state index >= 15 is 0 Å². The zero-order chi connectivity index (χ0) is 14.4. The van der Waals surface area contributed by atoms with Crippen molar-refractivity contribution in [2.24, 2.45) is 0 Å². The molecule has 0 bridgehead atoms. The highest BCUT2D eigenvalue weighted by atomic mass is 35.5. The molecule has 0 spiro atoms. The Morgan fingerprint density at radius 2 is 1.68 bits per heavy atom. The van der Waals surface area contributed by atoms with E-state index in [1.807, 2.05) is 33.8 Å². The Labute approximate surface area is 122 Å². The molecule has 19 heavy (non-hydrogen) atoms. The third-order valence-corrected chi connectivity index (χ3v) is 4.18. The normalized spacial score (nSPS) is 20.4. The molecule has 0 aromatic carbocycles. The monoisotopic (exact) mass is 298 g/mol. The van der Waals surface area contributed by atoms with Gasteiger partial charge in [-0.2, -0.15) is 5.26 Å². The van der Waals surface area contributed by atoms with Crippen LogP contribution in [0, 0.1) is 11.3 Å². The molecule has 1 saturated heterocycles. The predicted molar refractivity (Wildman–Crippen MR) is 74.7 cm³/mol. The summed E-state index contributed by atoms with van der Waals surface area (Å²) in [6.45, 7) is 7.76. The summed E-state index contributed by atoms with van der Waals surface area (Å²) in [6, 6.07) is 3.52. The average molecular weight is 299 g/mol. The Morgan fingerprint density at radius 1 is 1.16 bits per heavy atom. The molecular weight excluding hydrogens is 286 g/mol. The molecule has 1 aromatic heterocycles. The van der Waals surface area contributed by atoms with Crippen LogP contribution in [0.5, 0.6) is 0 Å². The minimum Gasteiger partial charge on any atom is -0.399 e. The maximum Gasteiger partial charge on any atom is 0.498 e. The zero-order valence-electron chi connectivity index (χ0n) is 11.1. The number of rotatable bonds is 1. The SMILES string of the molecule is CC1(C)OB(c2cc(C#N)c(Cl)nc2Cl)OC1(C)C. The second-order valence-electron chi connectivity index (χ2n) is 5.41. The molecule has 7 heteroatoms. The van der Waals surface area contributed by atoms with E-state index in [4.69, 9.17) is 37.8 Å². The molecule has 0 aliphatic carbocycles. The van der Waals surface area contributed by atoms with Gasteiger partial charge in [-0.05, 0) is 33.8 Å². The van der Waals surface area contributed by atoms with Gasteiger partial charge in [-0.25, -0.2) is 4.98 Å². The van der Waals surface area contributed by atoms with E-state index in [2.05, 4.69) is 4.98 Å². The quantitative estimate of drug-likeness (QED) is 0.591. The number of nitriles is 1. The number of aromatic nitrogens is 1. The van der Waals surface area contributed by atoms with Gasteiger partial charge in [0.25, 0.3) is 0 Å². The Hall–Kier alpha value is -0.795. The van der Waals surface area contributed by atoms with E-state index in [1.165, 1.54) is 0 Å². The van der Waals surface area contributed by atoms with Crippen molar-refractivity contribution in [2.75, 3.05) is 0 Å². The molecule has 0 N–H and O–H groups in total. The fourth-order valence-corrected chi connectivity index (χ4v) is 2.15. The second kappa shape index (κ2) is 4.64. The number of hydrogen-bond acceptors (Lipinski definition) is 4. The van der Waals surface area contributed by atoms with Gasteiger partial charge in [-0.15, -0.1) is 0 Å². The third kappa shape index (κ3) is 2.46. The maximum absolute atomic E-state index is 8.98. The summed E-state index contributed by atoms with van der Waals surface area (Å²) in [5.41, 5.74) is -0.196. The van der Waals surface area contributed by atoms with Crippen LogP contribution in [0.3, 0.4) is 0 Å². The van der Waals surface area contributed by atoms with Gasteiger partial charge in [0, 0.05) is 5.46 Å². The first-order valence-corrected chi connectivity index (χ1v) is 6.55. The molecule has 2 heterocycles. The molecule has 0 saturated carbocycles. The molecule has 1 aliphatic rings. The van der Waals surface area contributed by atoms with E-state index in [-0.39, 0.29) is 15.9 Å². The number of pyridine rings is 1. The second-order valence-corrected chi connectivity index (χ2v) is 6.12. The minimum atomic E-state index is -0.658. The largest absolute Gasteiger partial charge is 0.498 e. The summed E-state index contributed by atoms with van der Waals surface area (Å²) in [5, 5.41) is 9.24. The van der Waals surface area contributed by atoms with E-state index in [0.717, 1.165) is 0 Å². The first kappa shape index (κ1) is 14.6. The summed E-state index contributed by atoms with van der Waals surface area (Å²) in [4.78, 5) is 3.93. The van der Waals surface area contributed by atoms with E-state index in [0.29, 0.717) is 5.46 Å². The van der Waals surface area contributed by atoms with Crippen molar-refractivity contribution in [1.82, 2.24) is 4.98 Å². The van der Waals surface area contributed by atoms with Gasteiger partial charge >= 0.3 is 7.12 Å². The van der Waals surface area contributed by atoms with Gasteiger partial charge < -0.3 is 9.31 Å². The van der Waals surface area contributed by atoms with Crippen molar-refractivity contribution in [3.05, 3.63) is 21.9 Å². The summed E-state index contributed by atoms with van der Waals surface area (Å²) < 4.78 is 11.7. The van der Waals surface area contributed by atoms with Crippen LogP contribution in [-0.4, -0.2) is 23.3 Å². The van der Waals surface area contributed by atoms with Crippen LogP contribution in [-0.2, 0) is 9.31 Å². The Kier molecular flexibility index (Phi) is 3.57. The predicted octanol–water partition coefficient (Wildman–Crippen LogP) is 2.56. The minimum absolute atomic E-state index is 0.0766. The molecule has 2 rings (SSSR count). The fraction of sp³-hybridized carbons (Fsp3) is 0.500. The highest BCUT2D eigenvalue weighted by Gasteiger charge is 2.52. The highest BCUT2D eigenvalue weighted by Crippen LogP contribution is 2.37. The van der Waals surface area contributed by atoms with Crippen molar-refractivity contribution >= 4 is 35.8 Å². The first-order chi connectivity index (χ1) is 8.68. The summed E-state index contributed by atoms with van der Waals surface area (Å²) >= 11 is 11.9. The van der Waals surface area contributed by atoms with Crippen LogP contribution in [0.1, 0.15) is 33.3 Å². The zero-order valence-corrected chi connectivity index (χ0v) is 12.6. The van der Waals surface area contributed by atoms with Gasteiger partial charge in [-0.3, -0.25) is 0 Å². The lowest BCUT2D eigenvalue weighted by atomic mass is 9.79. The van der Waals surface area contributed by atoms with E-state index in [1.54, 1.807) is 6.07 Å². The molecule has 0 radical (unpaired) electrons. The standard InChI is InChI=1S/C12H13BCl2N2O2/c1-11(2)12(3,4)19-13(18-11)8-5-7(6-16)9(14)17-10(8)15/h5H,1-4H3. The lowest BCUT2D eigenvalue weighted by molar-refractivity contribution is 0.00578. The van der Waals surface area contributed by atoms with Crippen LogP contribution in [0.2, 0.25) is 10.3 Å². The van der Waals surface area contributed by atoms with Crippen LogP contribution in [0.25, 0.3) is 0 Å². The molecule has 0 atom stereocenters. The first-order valence-electron chi connectivity index (χ1n) is 5.79. The van der Waals surface area contributed by atoms with Gasteiger partial charge in [0.05, 0.1) is 16.8 Å². The van der Waals surface area contributed by atoms with Gasteiger partial charge in [0.2, 0.25) is 0 Å². The summed E-state index contributed by atoms with van der Waals surface area (Å²) in [7, 11) is -0.658. The number of halogens is 2. The lowest BCUT2D eigenvalue weighted by Gasteiger charge is -2.32. The Balaban J connectivity index is 2.43. The summed E-state index contributed by atoms with van der Waals surface area (Å²) in [6.07, 6.45) is 0. The van der Waals surface area contributed by atoms with Crippen LogP contribution >= 0.6 is 23.2 Å². The molecule has 1 aromatic rings. The van der Waals surface area contributed by atoms with Crippen molar-refractivity contribution in [1.29, 1.82) is 5.26 Å². The third-order valence-electron chi connectivity index (χ3n) is 3.58. The highest BCUT2D eigenvalue weighted by molar-refractivity contribution is 6.65. The Bertz CT molecular complexity index is 554. The lowest BCUT2D eigenvalue weighted by Crippen LogP contribution is -2.41. The average Bonchev–Trinajstić information content (AvgIpc) is 2.48. The molecule has 100 valence electrons. The van der Waals surface area contributed by atoms with E-state index < -0.39 is 18.3 Å². The summed E-state index contributed by atoms with van der Waals surface area (Å²) in [5.74, 6) is 0. The van der Waals surface area contributed by atoms with Crippen LogP contribution in [0.15, 0.2) is 6.07 Å². The van der Waals surface area contributed by atoms with Gasteiger partial charge in [0.15, 0.2) is 0 Å². The molecule has 1 aliphatic heterocycles. The van der Waals surface area contributed by atoms with Crippen LogP contribution in [0.4, 0.5) is 0 Å². The molecule has 0 amide bonds. The number of hydrogen-bond donors (Lipinski definition) is 0. The molecular formula is C12H13BCl2N2O2. The van der Waals surface area contributed by atoms with E-state index in [9.17, 15) is 0 Å². The van der Waals surface area contributed by atoms with Crippen molar-refractivity contribution in [3.63, 3.8) is 0 Å². The molecule has 0 unspecified atom stereocenters. The van der Waals surface area contributed by atoms with Crippen molar-refractivity contribution < 1.29 is 9.31 Å². The van der Waals surface area contributed by atoms with Gasteiger partial charge in [-0.1, -0.05) is 23.2 Å². The Morgan fingerprint density at radius 3 is 2.16 bits per heavy atom. The number of nitrogens with zero attached hydrogens (tertiary/aromatic N) is 2. The fourth-order valence-electron chi connectivity index (χ4n) is 1.70. The van der Waals surface area contributed by atoms with Crippen LogP contribution < -0.4 is 5.46 Å². The van der Waals surface area contributed by atoms with Gasteiger partial charge in [0.1, 0.15) is 16.4 Å². The topological polar surface area (TPSA) is 55.1 Å². The van der Waals surface area contributed by atoms with Crippen molar-refractivity contribution in [3.8, 4) is 6.07 Å². The smallest absolute Gasteiger partial charge is 0.399 e. The molecule has 4 nitrogen and oxygen atoms in total. The van der Waals surface area contributed by atoms with Crippen molar-refractivity contribution in [2.45, 2.75) is 38.9 Å².